The summed E-state index contributed by atoms with van der Waals surface area (Å²) in [6.45, 7) is 1.36. The van der Waals surface area contributed by atoms with Crippen molar-refractivity contribution < 1.29 is 14.3 Å². The van der Waals surface area contributed by atoms with Crippen LogP contribution in [-0.2, 0) is 4.74 Å². The lowest BCUT2D eigenvalue weighted by molar-refractivity contribution is 0.103. The van der Waals surface area contributed by atoms with E-state index in [0.29, 0.717) is 27.2 Å². The fourth-order valence-electron chi connectivity index (χ4n) is 2.32. The number of ether oxygens (including phenoxy) is 2. The van der Waals surface area contributed by atoms with Crippen LogP contribution in [0.2, 0.25) is 5.02 Å². The SMILES string of the molecule is O=C(c1ccc(O[C@@H]2CCOC2)cc1)c1cccc(Br)c1Cl. The Labute approximate surface area is 142 Å². The summed E-state index contributed by atoms with van der Waals surface area (Å²) < 4.78 is 11.8. The predicted molar refractivity (Wildman–Crippen MR) is 88.9 cm³/mol. The van der Waals surface area contributed by atoms with Crippen LogP contribution in [-0.4, -0.2) is 25.1 Å². The molecule has 114 valence electrons. The highest BCUT2D eigenvalue weighted by Gasteiger charge is 2.18. The molecule has 1 aliphatic heterocycles. The maximum absolute atomic E-state index is 12.5. The summed E-state index contributed by atoms with van der Waals surface area (Å²) in [7, 11) is 0. The van der Waals surface area contributed by atoms with Gasteiger partial charge in [0.1, 0.15) is 11.9 Å². The number of ketones is 1. The molecule has 0 spiro atoms. The van der Waals surface area contributed by atoms with Gasteiger partial charge in [0, 0.05) is 22.0 Å². The molecule has 2 aromatic carbocycles. The van der Waals surface area contributed by atoms with E-state index in [4.69, 9.17) is 21.1 Å². The highest BCUT2D eigenvalue weighted by molar-refractivity contribution is 9.10. The first kappa shape index (κ1) is 15.5. The minimum absolute atomic E-state index is 0.0982. The molecule has 0 N–H and O–H groups in total. The van der Waals surface area contributed by atoms with Crippen molar-refractivity contribution in [2.45, 2.75) is 12.5 Å². The summed E-state index contributed by atoms with van der Waals surface area (Å²) in [5.41, 5.74) is 1.06. The third kappa shape index (κ3) is 3.35. The van der Waals surface area contributed by atoms with Gasteiger partial charge >= 0.3 is 0 Å². The van der Waals surface area contributed by atoms with Crippen molar-refractivity contribution >= 4 is 33.3 Å². The number of carbonyl (C=O) groups is 1. The minimum Gasteiger partial charge on any atom is -0.488 e. The van der Waals surface area contributed by atoms with Crippen molar-refractivity contribution in [3.05, 3.63) is 63.1 Å². The number of rotatable bonds is 4. The van der Waals surface area contributed by atoms with E-state index >= 15 is 0 Å². The molecule has 22 heavy (non-hydrogen) atoms. The van der Waals surface area contributed by atoms with Gasteiger partial charge in [-0.2, -0.15) is 0 Å². The Morgan fingerprint density at radius 2 is 2.00 bits per heavy atom. The van der Waals surface area contributed by atoms with Crippen LogP contribution in [0, 0.1) is 0 Å². The van der Waals surface area contributed by atoms with Crippen molar-refractivity contribution in [3.63, 3.8) is 0 Å². The normalized spacial score (nSPS) is 17.5. The standard InChI is InChI=1S/C17H14BrClO3/c18-15-3-1-2-14(16(15)19)17(20)11-4-6-12(7-5-11)22-13-8-9-21-10-13/h1-7,13H,8-10H2/t13-/m1/s1. The average Bonchev–Trinajstić information content (AvgIpc) is 3.03. The van der Waals surface area contributed by atoms with Gasteiger partial charge in [-0.05, 0) is 52.3 Å². The van der Waals surface area contributed by atoms with Crippen LogP contribution in [0.15, 0.2) is 46.9 Å². The van der Waals surface area contributed by atoms with Crippen molar-refractivity contribution in [3.8, 4) is 5.75 Å². The van der Waals surface area contributed by atoms with Gasteiger partial charge in [0.05, 0.1) is 18.2 Å². The van der Waals surface area contributed by atoms with E-state index < -0.39 is 0 Å². The number of hydrogen-bond donors (Lipinski definition) is 0. The molecular weight excluding hydrogens is 368 g/mol. The van der Waals surface area contributed by atoms with Gasteiger partial charge < -0.3 is 9.47 Å². The molecular formula is C17H14BrClO3. The first-order valence-electron chi connectivity index (χ1n) is 6.98. The summed E-state index contributed by atoms with van der Waals surface area (Å²) in [5, 5.41) is 0.427. The third-order valence-corrected chi connectivity index (χ3v) is 4.80. The van der Waals surface area contributed by atoms with Gasteiger partial charge in [-0.3, -0.25) is 4.79 Å². The summed E-state index contributed by atoms with van der Waals surface area (Å²) in [6.07, 6.45) is 0.995. The van der Waals surface area contributed by atoms with Crippen molar-refractivity contribution in [2.24, 2.45) is 0 Å². The summed E-state index contributed by atoms with van der Waals surface area (Å²) in [6, 6.07) is 12.4. The predicted octanol–water partition coefficient (Wildman–Crippen LogP) is 4.50. The monoisotopic (exact) mass is 380 g/mol. The van der Waals surface area contributed by atoms with Crippen LogP contribution in [0.5, 0.6) is 5.75 Å². The van der Waals surface area contributed by atoms with Crippen molar-refractivity contribution in [1.82, 2.24) is 0 Å². The molecule has 0 saturated carbocycles. The molecule has 1 fully saturated rings. The maximum Gasteiger partial charge on any atom is 0.194 e. The lowest BCUT2D eigenvalue weighted by atomic mass is 10.0. The van der Waals surface area contributed by atoms with E-state index in [1.807, 2.05) is 0 Å². The van der Waals surface area contributed by atoms with Crippen LogP contribution in [0.3, 0.4) is 0 Å². The first-order valence-corrected chi connectivity index (χ1v) is 8.15. The topological polar surface area (TPSA) is 35.5 Å². The molecule has 3 rings (SSSR count). The van der Waals surface area contributed by atoms with E-state index in [9.17, 15) is 4.79 Å². The second-order valence-electron chi connectivity index (χ2n) is 5.06. The zero-order valence-electron chi connectivity index (χ0n) is 11.7. The fraction of sp³-hybridized carbons (Fsp3) is 0.235. The van der Waals surface area contributed by atoms with Crippen LogP contribution in [0.25, 0.3) is 0 Å². The van der Waals surface area contributed by atoms with Crippen molar-refractivity contribution in [2.75, 3.05) is 13.2 Å². The van der Waals surface area contributed by atoms with Gasteiger partial charge in [-0.15, -0.1) is 0 Å². The zero-order chi connectivity index (χ0) is 15.5. The molecule has 1 atom stereocenters. The Morgan fingerprint density at radius 3 is 2.68 bits per heavy atom. The van der Waals surface area contributed by atoms with E-state index in [-0.39, 0.29) is 11.9 Å². The van der Waals surface area contributed by atoms with Crippen molar-refractivity contribution in [1.29, 1.82) is 0 Å². The van der Waals surface area contributed by atoms with E-state index in [0.717, 1.165) is 18.8 Å². The first-order chi connectivity index (χ1) is 10.6. The average molecular weight is 382 g/mol. The van der Waals surface area contributed by atoms with E-state index in [1.165, 1.54) is 0 Å². The highest BCUT2D eigenvalue weighted by atomic mass is 79.9. The number of hydrogen-bond acceptors (Lipinski definition) is 3. The second kappa shape index (κ2) is 6.82. The molecule has 0 aliphatic carbocycles. The molecule has 3 nitrogen and oxygen atoms in total. The number of benzene rings is 2. The molecule has 1 heterocycles. The molecule has 0 aromatic heterocycles. The Morgan fingerprint density at radius 1 is 1.23 bits per heavy atom. The lowest BCUT2D eigenvalue weighted by Gasteiger charge is -2.12. The number of carbonyl (C=O) groups excluding carboxylic acids is 1. The molecule has 1 aliphatic rings. The van der Waals surface area contributed by atoms with E-state index in [1.54, 1.807) is 42.5 Å². The molecule has 0 radical (unpaired) electrons. The van der Waals surface area contributed by atoms with E-state index in [2.05, 4.69) is 15.9 Å². The molecule has 0 amide bonds. The number of halogens is 2. The molecule has 0 unspecified atom stereocenters. The lowest BCUT2D eigenvalue weighted by Crippen LogP contribution is -2.15. The fourth-order valence-corrected chi connectivity index (χ4v) is 2.90. The summed E-state index contributed by atoms with van der Waals surface area (Å²) >= 11 is 9.51. The summed E-state index contributed by atoms with van der Waals surface area (Å²) in [4.78, 5) is 12.5. The Hall–Kier alpha value is -1.36. The van der Waals surface area contributed by atoms with Crippen LogP contribution in [0.1, 0.15) is 22.3 Å². The third-order valence-electron chi connectivity index (χ3n) is 3.50. The molecule has 5 heteroatoms. The Balaban J connectivity index is 1.77. The van der Waals surface area contributed by atoms with Crippen LogP contribution in [0.4, 0.5) is 0 Å². The van der Waals surface area contributed by atoms with Gasteiger partial charge in [-0.1, -0.05) is 17.7 Å². The quantitative estimate of drug-likeness (QED) is 0.731. The van der Waals surface area contributed by atoms with Crippen LogP contribution >= 0.6 is 27.5 Å². The maximum atomic E-state index is 12.5. The van der Waals surface area contributed by atoms with Crippen LogP contribution < -0.4 is 4.74 Å². The smallest absolute Gasteiger partial charge is 0.194 e. The van der Waals surface area contributed by atoms with Gasteiger partial charge in [-0.25, -0.2) is 0 Å². The largest absolute Gasteiger partial charge is 0.488 e. The minimum atomic E-state index is -0.109. The zero-order valence-corrected chi connectivity index (χ0v) is 14.1. The highest BCUT2D eigenvalue weighted by Crippen LogP contribution is 2.28. The Bertz CT molecular complexity index is 679. The molecule has 2 aromatic rings. The molecule has 1 saturated heterocycles. The van der Waals surface area contributed by atoms with Gasteiger partial charge in [0.25, 0.3) is 0 Å². The Kier molecular flexibility index (Phi) is 4.81. The second-order valence-corrected chi connectivity index (χ2v) is 6.29. The van der Waals surface area contributed by atoms with Gasteiger partial charge in [0.2, 0.25) is 0 Å². The van der Waals surface area contributed by atoms with Gasteiger partial charge in [0.15, 0.2) is 5.78 Å². The molecule has 0 bridgehead atoms. The summed E-state index contributed by atoms with van der Waals surface area (Å²) in [5.74, 6) is 0.634.